The zero-order chi connectivity index (χ0) is 17.6. The van der Waals surface area contributed by atoms with Crippen LogP contribution in [0.25, 0.3) is 10.6 Å². The Bertz CT molecular complexity index is 834. The Morgan fingerprint density at radius 2 is 1.88 bits per heavy atom. The lowest BCUT2D eigenvalue weighted by Crippen LogP contribution is -2.67. The van der Waals surface area contributed by atoms with Crippen LogP contribution in [0, 0.1) is 0 Å². The van der Waals surface area contributed by atoms with E-state index in [1.54, 1.807) is 7.11 Å². The van der Waals surface area contributed by atoms with Crippen molar-refractivity contribution in [3.05, 3.63) is 60.2 Å². The summed E-state index contributed by atoms with van der Waals surface area (Å²) in [5.74, 6) is 0.615. The number of benzene rings is 2. The molecule has 128 valence electrons. The number of hydrogen-bond acceptors (Lipinski definition) is 5. The second kappa shape index (κ2) is 7.87. The molecule has 0 aliphatic carbocycles. The largest absolute Gasteiger partial charge is 0.497 e. The summed E-state index contributed by atoms with van der Waals surface area (Å²) < 4.78 is 5.14. The molecule has 0 unspecified atom stereocenters. The molecule has 25 heavy (non-hydrogen) atoms. The Hall–Kier alpha value is -2.77. The summed E-state index contributed by atoms with van der Waals surface area (Å²) in [6.07, 6.45) is 0.580. The zero-order valence-corrected chi connectivity index (χ0v) is 14.6. The van der Waals surface area contributed by atoms with Gasteiger partial charge in [0, 0.05) is 12.0 Å². The van der Waals surface area contributed by atoms with Gasteiger partial charge in [-0.2, -0.15) is 0 Å². The van der Waals surface area contributed by atoms with E-state index >= 15 is 0 Å². The van der Waals surface area contributed by atoms with Crippen LogP contribution in [-0.4, -0.2) is 29.3 Å². The molecule has 1 heterocycles. The number of hydrogen-bond donors (Lipinski definition) is 2. The summed E-state index contributed by atoms with van der Waals surface area (Å²) >= 11 is 1.33. The van der Waals surface area contributed by atoms with Crippen molar-refractivity contribution in [2.75, 3.05) is 12.4 Å². The summed E-state index contributed by atoms with van der Waals surface area (Å²) in [5, 5.41) is 12.2. The van der Waals surface area contributed by atoms with E-state index in [1.807, 2.05) is 54.6 Å². The van der Waals surface area contributed by atoms with E-state index in [-0.39, 0.29) is 5.91 Å². The van der Waals surface area contributed by atoms with Crippen molar-refractivity contribution in [3.8, 4) is 16.3 Å². The van der Waals surface area contributed by atoms with Crippen LogP contribution < -0.4 is 15.8 Å². The monoisotopic (exact) mass is 355 g/mol. The maximum Gasteiger partial charge on any atom is 0.284 e. The number of aromatic nitrogens is 2. The highest BCUT2D eigenvalue weighted by Gasteiger charge is 2.19. The average Bonchev–Trinajstić information content (AvgIpc) is 3.11. The molecule has 0 fully saturated rings. The molecule has 2 aromatic carbocycles. The first-order valence-electron chi connectivity index (χ1n) is 7.81. The van der Waals surface area contributed by atoms with E-state index in [0.717, 1.165) is 21.9 Å². The van der Waals surface area contributed by atoms with Crippen LogP contribution in [0.5, 0.6) is 5.75 Å². The smallest absolute Gasteiger partial charge is 0.284 e. The van der Waals surface area contributed by atoms with Crippen LogP contribution in [0.4, 0.5) is 5.13 Å². The molecule has 0 radical (unpaired) electrons. The molecular weight excluding hydrogens is 336 g/mol. The number of carbonyl (C=O) groups excluding carboxylic acids is 1. The van der Waals surface area contributed by atoms with Gasteiger partial charge in [-0.1, -0.05) is 41.7 Å². The first kappa shape index (κ1) is 17.1. The van der Waals surface area contributed by atoms with Crippen molar-refractivity contribution in [3.63, 3.8) is 0 Å². The molecular formula is C18H19N4O2S+. The fraction of sp³-hybridized carbons (Fsp3) is 0.167. The van der Waals surface area contributed by atoms with E-state index in [0.29, 0.717) is 11.6 Å². The van der Waals surface area contributed by atoms with Gasteiger partial charge in [-0.15, -0.1) is 10.2 Å². The Kier molecular flexibility index (Phi) is 5.37. The number of carbonyl (C=O) groups is 1. The second-order valence-electron chi connectivity index (χ2n) is 5.52. The standard InChI is InChI=1S/C18H18N4O2S/c1-24-14-9-7-13(8-10-14)17-21-22-18(25-17)20-16(23)15(19)11-12-5-3-2-4-6-12/h2-10,15H,11,19H2,1H3,(H,20,22,23)/p+1/t15-/m1/s1. The minimum atomic E-state index is -0.393. The Labute approximate surface area is 149 Å². The minimum Gasteiger partial charge on any atom is -0.497 e. The minimum absolute atomic E-state index is 0.165. The van der Waals surface area contributed by atoms with Gasteiger partial charge in [-0.05, 0) is 29.8 Å². The SMILES string of the molecule is COc1ccc(-c2nnc(NC(=O)[C@H]([NH3+])Cc3ccccc3)s2)cc1. The van der Waals surface area contributed by atoms with Crippen molar-refractivity contribution >= 4 is 22.4 Å². The number of rotatable bonds is 6. The van der Waals surface area contributed by atoms with Crippen LogP contribution >= 0.6 is 11.3 Å². The molecule has 4 N–H and O–H groups in total. The zero-order valence-electron chi connectivity index (χ0n) is 13.8. The molecule has 0 aliphatic rings. The average molecular weight is 355 g/mol. The molecule has 0 aliphatic heterocycles. The number of ether oxygens (including phenoxy) is 1. The second-order valence-corrected chi connectivity index (χ2v) is 6.49. The number of amides is 1. The lowest BCUT2D eigenvalue weighted by atomic mass is 10.1. The van der Waals surface area contributed by atoms with Gasteiger partial charge in [0.15, 0.2) is 6.04 Å². The summed E-state index contributed by atoms with van der Waals surface area (Å²) in [7, 11) is 1.62. The lowest BCUT2D eigenvalue weighted by molar-refractivity contribution is -0.402. The van der Waals surface area contributed by atoms with Gasteiger partial charge in [0.2, 0.25) is 5.13 Å². The summed E-state index contributed by atoms with van der Waals surface area (Å²) in [6.45, 7) is 0. The fourth-order valence-corrected chi connectivity index (χ4v) is 3.07. The van der Waals surface area contributed by atoms with Crippen LogP contribution in [0.2, 0.25) is 0 Å². The molecule has 0 spiro atoms. The Balaban J connectivity index is 1.63. The van der Waals surface area contributed by atoms with Crippen LogP contribution in [0.3, 0.4) is 0 Å². The van der Waals surface area contributed by atoms with E-state index in [1.165, 1.54) is 11.3 Å². The molecule has 3 aromatic rings. The molecule has 1 atom stereocenters. The summed E-state index contributed by atoms with van der Waals surface area (Å²) in [6, 6.07) is 17.0. The predicted molar refractivity (Wildman–Crippen MR) is 97.3 cm³/mol. The highest BCUT2D eigenvalue weighted by atomic mass is 32.1. The van der Waals surface area contributed by atoms with Gasteiger partial charge in [0.05, 0.1) is 7.11 Å². The van der Waals surface area contributed by atoms with Gasteiger partial charge < -0.3 is 10.5 Å². The van der Waals surface area contributed by atoms with Gasteiger partial charge in [-0.3, -0.25) is 10.1 Å². The number of nitrogens with zero attached hydrogens (tertiary/aromatic N) is 2. The van der Waals surface area contributed by atoms with Crippen molar-refractivity contribution in [2.45, 2.75) is 12.5 Å². The van der Waals surface area contributed by atoms with Crippen molar-refractivity contribution < 1.29 is 15.3 Å². The Morgan fingerprint density at radius 1 is 1.16 bits per heavy atom. The number of nitrogens with one attached hydrogen (secondary N) is 1. The summed E-state index contributed by atoms with van der Waals surface area (Å²) in [4.78, 5) is 12.3. The highest BCUT2D eigenvalue weighted by Crippen LogP contribution is 2.27. The first-order chi connectivity index (χ1) is 12.2. The molecule has 0 saturated heterocycles. The van der Waals surface area contributed by atoms with E-state index in [2.05, 4.69) is 21.2 Å². The molecule has 7 heteroatoms. The number of quaternary nitrogens is 1. The maximum absolute atomic E-state index is 12.3. The topological polar surface area (TPSA) is 91.8 Å². The van der Waals surface area contributed by atoms with Crippen molar-refractivity contribution in [1.82, 2.24) is 10.2 Å². The molecule has 3 rings (SSSR count). The van der Waals surface area contributed by atoms with Gasteiger partial charge in [0.25, 0.3) is 5.91 Å². The quantitative estimate of drug-likeness (QED) is 0.707. The van der Waals surface area contributed by atoms with E-state index in [4.69, 9.17) is 4.74 Å². The first-order valence-corrected chi connectivity index (χ1v) is 8.63. The lowest BCUT2D eigenvalue weighted by Gasteiger charge is -2.07. The molecule has 1 amide bonds. The maximum atomic E-state index is 12.3. The Morgan fingerprint density at radius 3 is 2.56 bits per heavy atom. The molecule has 0 bridgehead atoms. The predicted octanol–water partition coefficient (Wildman–Crippen LogP) is 2.01. The molecule has 0 saturated carbocycles. The van der Waals surface area contributed by atoms with Crippen molar-refractivity contribution in [2.24, 2.45) is 0 Å². The molecule has 1 aromatic heterocycles. The van der Waals surface area contributed by atoms with Crippen molar-refractivity contribution in [1.29, 1.82) is 0 Å². The number of methoxy groups -OCH3 is 1. The van der Waals surface area contributed by atoms with Gasteiger partial charge >= 0.3 is 0 Å². The summed E-state index contributed by atoms with van der Waals surface area (Å²) in [5.41, 5.74) is 5.95. The van der Waals surface area contributed by atoms with Gasteiger partial charge in [0.1, 0.15) is 10.8 Å². The van der Waals surface area contributed by atoms with Crippen LogP contribution in [0.15, 0.2) is 54.6 Å². The number of anilines is 1. The van der Waals surface area contributed by atoms with Gasteiger partial charge in [-0.25, -0.2) is 0 Å². The fourth-order valence-electron chi connectivity index (χ4n) is 2.32. The van der Waals surface area contributed by atoms with E-state index < -0.39 is 6.04 Å². The third kappa shape index (κ3) is 4.40. The van der Waals surface area contributed by atoms with Crippen LogP contribution in [-0.2, 0) is 11.2 Å². The normalized spacial score (nSPS) is 11.8. The molecule has 6 nitrogen and oxygen atoms in total. The van der Waals surface area contributed by atoms with E-state index in [9.17, 15) is 4.79 Å². The highest BCUT2D eigenvalue weighted by molar-refractivity contribution is 7.18. The van der Waals surface area contributed by atoms with Crippen LogP contribution in [0.1, 0.15) is 5.56 Å². The third-order valence-corrected chi connectivity index (χ3v) is 4.58. The third-order valence-electron chi connectivity index (χ3n) is 3.69.